The molecule has 3 N–H and O–H groups in total. The second-order valence-electron chi connectivity index (χ2n) is 4.73. The van der Waals surface area contributed by atoms with Gasteiger partial charge in [-0.3, -0.25) is 4.79 Å². The smallest absolute Gasteiger partial charge is 0.255 e. The van der Waals surface area contributed by atoms with Gasteiger partial charge in [0.25, 0.3) is 5.91 Å². The summed E-state index contributed by atoms with van der Waals surface area (Å²) in [5.74, 6) is -0.0396. The second-order valence-corrected chi connectivity index (χ2v) is 5.48. The molecule has 1 amide bonds. The van der Waals surface area contributed by atoms with Gasteiger partial charge in [-0.1, -0.05) is 17.7 Å². The Morgan fingerprint density at radius 1 is 1.14 bits per heavy atom. The van der Waals surface area contributed by atoms with Crippen molar-refractivity contribution in [3.63, 3.8) is 0 Å². The monoisotopic (exact) mass is 338 g/mol. The summed E-state index contributed by atoms with van der Waals surface area (Å²) >= 11 is 11.4. The summed E-state index contributed by atoms with van der Waals surface area (Å²) in [7, 11) is 0. The van der Waals surface area contributed by atoms with Gasteiger partial charge in [0, 0.05) is 28.5 Å². The number of halogens is 2. The van der Waals surface area contributed by atoms with E-state index in [4.69, 9.17) is 23.2 Å². The number of aliphatic hydroxyl groups excluding tert-OH is 1. The minimum absolute atomic E-state index is 0.174. The van der Waals surface area contributed by atoms with Crippen molar-refractivity contribution in [2.45, 2.75) is 6.10 Å². The second kappa shape index (κ2) is 8.03. The number of carbonyl (C=O) groups excluding carboxylic acids is 1. The van der Waals surface area contributed by atoms with Crippen molar-refractivity contribution in [1.82, 2.24) is 0 Å². The van der Waals surface area contributed by atoms with Crippen LogP contribution in [0.3, 0.4) is 0 Å². The van der Waals surface area contributed by atoms with E-state index < -0.39 is 6.10 Å². The fourth-order valence-electron chi connectivity index (χ4n) is 1.80. The van der Waals surface area contributed by atoms with E-state index >= 15 is 0 Å². The van der Waals surface area contributed by atoms with E-state index in [2.05, 4.69) is 10.6 Å². The van der Waals surface area contributed by atoms with Crippen LogP contribution in [-0.2, 0) is 0 Å². The number of anilines is 2. The van der Waals surface area contributed by atoms with Crippen molar-refractivity contribution in [3.05, 3.63) is 59.1 Å². The van der Waals surface area contributed by atoms with Crippen LogP contribution in [0, 0.1) is 0 Å². The molecule has 0 saturated heterocycles. The molecule has 1 unspecified atom stereocenters. The lowest BCUT2D eigenvalue weighted by atomic mass is 10.2. The average molecular weight is 339 g/mol. The van der Waals surface area contributed by atoms with Crippen LogP contribution in [0.25, 0.3) is 0 Å². The first-order valence-electron chi connectivity index (χ1n) is 6.73. The summed E-state index contributed by atoms with van der Waals surface area (Å²) in [6, 6.07) is 13.9. The highest BCUT2D eigenvalue weighted by Crippen LogP contribution is 2.16. The first-order valence-corrected chi connectivity index (χ1v) is 7.64. The average Bonchev–Trinajstić information content (AvgIpc) is 2.53. The molecular formula is C16H16Cl2N2O2. The Kier molecular flexibility index (Phi) is 6.07. The number of nitrogens with one attached hydrogen (secondary N) is 2. The van der Waals surface area contributed by atoms with Crippen LogP contribution in [0.1, 0.15) is 10.4 Å². The highest BCUT2D eigenvalue weighted by atomic mass is 35.5. The van der Waals surface area contributed by atoms with E-state index in [0.29, 0.717) is 22.8 Å². The highest BCUT2D eigenvalue weighted by molar-refractivity contribution is 6.31. The quantitative estimate of drug-likeness (QED) is 0.705. The molecule has 0 aliphatic heterocycles. The molecule has 0 radical (unpaired) electrons. The maximum Gasteiger partial charge on any atom is 0.255 e. The Morgan fingerprint density at radius 2 is 1.86 bits per heavy atom. The normalized spacial score (nSPS) is 11.8. The fourth-order valence-corrected chi connectivity index (χ4v) is 2.10. The number of hydrogen-bond donors (Lipinski definition) is 3. The lowest BCUT2D eigenvalue weighted by Gasteiger charge is -2.10. The molecule has 4 nitrogen and oxygen atoms in total. The molecular weight excluding hydrogens is 323 g/mol. The van der Waals surface area contributed by atoms with Crippen molar-refractivity contribution in [2.24, 2.45) is 0 Å². The third-order valence-electron chi connectivity index (χ3n) is 2.95. The topological polar surface area (TPSA) is 61.4 Å². The zero-order chi connectivity index (χ0) is 15.9. The first kappa shape index (κ1) is 16.6. The number of alkyl halides is 1. The van der Waals surface area contributed by atoms with Crippen molar-refractivity contribution in [2.75, 3.05) is 23.1 Å². The predicted molar refractivity (Wildman–Crippen MR) is 91.1 cm³/mol. The molecule has 0 aliphatic rings. The van der Waals surface area contributed by atoms with Crippen molar-refractivity contribution in [1.29, 1.82) is 0 Å². The molecule has 0 fully saturated rings. The van der Waals surface area contributed by atoms with E-state index in [1.807, 2.05) is 0 Å². The highest BCUT2D eigenvalue weighted by Gasteiger charge is 2.07. The molecule has 0 aliphatic carbocycles. The standard InChI is InChI=1S/C16H16Cl2N2O2/c17-9-15(21)10-19-13-6-4-11(5-7-13)16(22)20-14-3-1-2-12(18)8-14/h1-8,15,19,21H,9-10H2,(H,20,22). The minimum Gasteiger partial charge on any atom is -0.390 e. The SMILES string of the molecule is O=C(Nc1cccc(Cl)c1)c1ccc(NCC(O)CCl)cc1. The Bertz CT molecular complexity index is 632. The van der Waals surface area contributed by atoms with E-state index in [0.717, 1.165) is 5.69 Å². The molecule has 1 atom stereocenters. The number of aliphatic hydroxyl groups is 1. The van der Waals surface area contributed by atoms with Crippen molar-refractivity contribution < 1.29 is 9.90 Å². The molecule has 6 heteroatoms. The van der Waals surface area contributed by atoms with E-state index in [-0.39, 0.29) is 11.8 Å². The third kappa shape index (κ3) is 4.91. The summed E-state index contributed by atoms with van der Waals surface area (Å²) in [5.41, 5.74) is 1.98. The molecule has 0 saturated carbocycles. The molecule has 22 heavy (non-hydrogen) atoms. The van der Waals surface area contributed by atoms with Crippen LogP contribution in [0.4, 0.5) is 11.4 Å². The first-order chi connectivity index (χ1) is 10.6. The Morgan fingerprint density at radius 3 is 2.50 bits per heavy atom. The number of amides is 1. The van der Waals surface area contributed by atoms with Gasteiger partial charge in [-0.05, 0) is 42.5 Å². The van der Waals surface area contributed by atoms with Crippen LogP contribution in [0.5, 0.6) is 0 Å². The van der Waals surface area contributed by atoms with Gasteiger partial charge >= 0.3 is 0 Å². The maximum absolute atomic E-state index is 12.1. The minimum atomic E-state index is -0.604. The van der Waals surface area contributed by atoms with Crippen LogP contribution >= 0.6 is 23.2 Å². The fraction of sp³-hybridized carbons (Fsp3) is 0.188. The molecule has 116 valence electrons. The summed E-state index contributed by atoms with van der Waals surface area (Å²) in [6.45, 7) is 0.359. The zero-order valence-electron chi connectivity index (χ0n) is 11.7. The van der Waals surface area contributed by atoms with Crippen LogP contribution in [-0.4, -0.2) is 29.5 Å². The number of carbonyl (C=O) groups is 1. The molecule has 2 rings (SSSR count). The molecule has 0 spiro atoms. The molecule has 2 aromatic carbocycles. The van der Waals surface area contributed by atoms with Crippen molar-refractivity contribution >= 4 is 40.5 Å². The molecule has 0 heterocycles. The van der Waals surface area contributed by atoms with Crippen LogP contribution in [0.15, 0.2) is 48.5 Å². The van der Waals surface area contributed by atoms with Gasteiger partial charge in [0.2, 0.25) is 0 Å². The zero-order valence-corrected chi connectivity index (χ0v) is 13.2. The van der Waals surface area contributed by atoms with Gasteiger partial charge in [-0.25, -0.2) is 0 Å². The van der Waals surface area contributed by atoms with E-state index in [1.54, 1.807) is 48.5 Å². The molecule has 2 aromatic rings. The number of hydrogen-bond acceptors (Lipinski definition) is 3. The van der Waals surface area contributed by atoms with Gasteiger partial charge in [-0.2, -0.15) is 0 Å². The summed E-state index contributed by atoms with van der Waals surface area (Å²) in [6.07, 6.45) is -0.604. The van der Waals surface area contributed by atoms with Crippen LogP contribution in [0.2, 0.25) is 5.02 Å². The van der Waals surface area contributed by atoms with Gasteiger partial charge in [0.15, 0.2) is 0 Å². The summed E-state index contributed by atoms with van der Waals surface area (Å²) < 4.78 is 0. The number of benzene rings is 2. The lowest BCUT2D eigenvalue weighted by molar-refractivity contribution is 0.102. The van der Waals surface area contributed by atoms with E-state index in [9.17, 15) is 9.90 Å². The van der Waals surface area contributed by atoms with Crippen molar-refractivity contribution in [3.8, 4) is 0 Å². The van der Waals surface area contributed by atoms with Gasteiger partial charge in [-0.15, -0.1) is 11.6 Å². The summed E-state index contributed by atoms with van der Waals surface area (Å²) in [4.78, 5) is 12.1. The van der Waals surface area contributed by atoms with Gasteiger partial charge in [0.05, 0.1) is 12.0 Å². The summed E-state index contributed by atoms with van der Waals surface area (Å²) in [5, 5.41) is 15.8. The molecule has 0 bridgehead atoms. The Hall–Kier alpha value is -1.75. The lowest BCUT2D eigenvalue weighted by Crippen LogP contribution is -2.20. The Labute approximate surface area is 139 Å². The predicted octanol–water partition coefficient (Wildman–Crippen LogP) is 3.60. The number of rotatable bonds is 6. The van der Waals surface area contributed by atoms with Gasteiger partial charge < -0.3 is 15.7 Å². The van der Waals surface area contributed by atoms with E-state index in [1.165, 1.54) is 0 Å². The maximum atomic E-state index is 12.1. The van der Waals surface area contributed by atoms with Crippen LogP contribution < -0.4 is 10.6 Å². The third-order valence-corrected chi connectivity index (χ3v) is 3.54. The Balaban J connectivity index is 1.96. The van der Waals surface area contributed by atoms with Gasteiger partial charge in [0.1, 0.15) is 0 Å². The molecule has 0 aromatic heterocycles. The largest absolute Gasteiger partial charge is 0.390 e.